The van der Waals surface area contributed by atoms with Crippen molar-refractivity contribution in [1.29, 1.82) is 0 Å². The van der Waals surface area contributed by atoms with Gasteiger partial charge >= 0.3 is 0 Å². The molecular formula is C21H22N4O2. The summed E-state index contributed by atoms with van der Waals surface area (Å²) in [5, 5.41) is 0.641. The molecule has 2 aliphatic rings. The molecule has 1 fully saturated rings. The zero-order chi connectivity index (χ0) is 18.5. The Balaban J connectivity index is 1.45. The Kier molecular flexibility index (Phi) is 3.75. The van der Waals surface area contributed by atoms with Crippen molar-refractivity contribution >= 4 is 10.9 Å². The largest absolute Gasteiger partial charge is 0.312 e. The van der Waals surface area contributed by atoms with Gasteiger partial charge in [0, 0.05) is 37.3 Å². The van der Waals surface area contributed by atoms with E-state index in [0.29, 0.717) is 29.6 Å². The third-order valence-corrected chi connectivity index (χ3v) is 5.92. The van der Waals surface area contributed by atoms with Gasteiger partial charge in [-0.2, -0.15) is 0 Å². The quantitative estimate of drug-likeness (QED) is 0.757. The summed E-state index contributed by atoms with van der Waals surface area (Å²) >= 11 is 0. The van der Waals surface area contributed by atoms with Crippen molar-refractivity contribution in [2.75, 3.05) is 13.1 Å². The summed E-state index contributed by atoms with van der Waals surface area (Å²) in [5.41, 5.74) is 2.97. The molecule has 0 radical (unpaired) electrons. The Labute approximate surface area is 156 Å². The van der Waals surface area contributed by atoms with Crippen LogP contribution < -0.4 is 11.1 Å². The summed E-state index contributed by atoms with van der Waals surface area (Å²) in [4.78, 5) is 34.6. The number of aromatic nitrogens is 3. The van der Waals surface area contributed by atoms with Gasteiger partial charge in [-0.25, -0.2) is 4.98 Å². The lowest BCUT2D eigenvalue weighted by atomic mass is 9.83. The monoisotopic (exact) mass is 362 g/mol. The van der Waals surface area contributed by atoms with E-state index < -0.39 is 0 Å². The number of nitrogens with one attached hydrogen (secondary N) is 1. The van der Waals surface area contributed by atoms with Crippen LogP contribution in [0, 0.1) is 12.8 Å². The van der Waals surface area contributed by atoms with Crippen molar-refractivity contribution in [3.63, 3.8) is 0 Å². The Morgan fingerprint density at radius 1 is 1.11 bits per heavy atom. The van der Waals surface area contributed by atoms with Crippen molar-refractivity contribution < 1.29 is 0 Å². The van der Waals surface area contributed by atoms with Gasteiger partial charge in [-0.05, 0) is 37.0 Å². The number of rotatable bonds is 2. The number of aromatic amines is 1. The normalized spacial score (nSPS) is 22.0. The van der Waals surface area contributed by atoms with Gasteiger partial charge in [-0.1, -0.05) is 18.2 Å². The van der Waals surface area contributed by atoms with E-state index in [9.17, 15) is 9.59 Å². The van der Waals surface area contributed by atoms with Crippen molar-refractivity contribution in [3.05, 3.63) is 74.2 Å². The number of hydrogen-bond donors (Lipinski definition) is 1. The molecule has 4 heterocycles. The third-order valence-electron chi connectivity index (χ3n) is 5.92. The number of benzene rings is 1. The van der Waals surface area contributed by atoms with Gasteiger partial charge in [0.2, 0.25) is 0 Å². The molecule has 2 aliphatic heterocycles. The van der Waals surface area contributed by atoms with Gasteiger partial charge < -0.3 is 9.55 Å². The first-order valence-electron chi connectivity index (χ1n) is 9.49. The number of likely N-dealkylation sites (tertiary alicyclic amines) is 1. The smallest absolute Gasteiger partial charge is 0.258 e. The highest BCUT2D eigenvalue weighted by atomic mass is 16.1. The van der Waals surface area contributed by atoms with E-state index in [0.717, 1.165) is 42.8 Å². The number of fused-ring (bicyclic) bond motifs is 5. The van der Waals surface area contributed by atoms with Gasteiger partial charge in [-0.15, -0.1) is 0 Å². The lowest BCUT2D eigenvalue weighted by molar-refractivity contribution is 0.112. The highest BCUT2D eigenvalue weighted by Crippen LogP contribution is 2.35. The summed E-state index contributed by atoms with van der Waals surface area (Å²) in [6.45, 7) is 5.20. The van der Waals surface area contributed by atoms with E-state index in [4.69, 9.17) is 4.98 Å². The molecule has 1 N–H and O–H groups in total. The third kappa shape index (κ3) is 2.80. The van der Waals surface area contributed by atoms with Crippen LogP contribution in [0.3, 0.4) is 0 Å². The number of piperidine rings is 1. The fraction of sp³-hybridized carbons (Fsp3) is 0.381. The molecule has 0 amide bonds. The second-order valence-corrected chi connectivity index (χ2v) is 7.88. The minimum Gasteiger partial charge on any atom is -0.312 e. The van der Waals surface area contributed by atoms with Crippen molar-refractivity contribution in [3.8, 4) is 0 Å². The van der Waals surface area contributed by atoms with E-state index in [1.807, 2.05) is 35.8 Å². The number of aryl methyl sites for hydroxylation is 1. The molecule has 27 heavy (non-hydrogen) atoms. The summed E-state index contributed by atoms with van der Waals surface area (Å²) < 4.78 is 1.94. The second kappa shape index (κ2) is 6.16. The lowest BCUT2D eigenvalue weighted by Gasteiger charge is -2.42. The Hall–Kier alpha value is -2.73. The lowest BCUT2D eigenvalue weighted by Crippen LogP contribution is -2.46. The minimum atomic E-state index is -0.0761. The average Bonchev–Trinajstić information content (AvgIpc) is 2.64. The van der Waals surface area contributed by atoms with Gasteiger partial charge in [0.15, 0.2) is 0 Å². The highest BCUT2D eigenvalue weighted by Gasteiger charge is 2.34. The van der Waals surface area contributed by atoms with Crippen LogP contribution in [0.4, 0.5) is 0 Å². The van der Waals surface area contributed by atoms with E-state index in [1.165, 1.54) is 0 Å². The Morgan fingerprint density at radius 2 is 1.96 bits per heavy atom. The number of pyridine rings is 1. The molecular weight excluding hydrogens is 340 g/mol. The maximum absolute atomic E-state index is 12.4. The number of hydrogen-bond acceptors (Lipinski definition) is 4. The maximum atomic E-state index is 12.4. The maximum Gasteiger partial charge on any atom is 0.258 e. The van der Waals surface area contributed by atoms with Crippen molar-refractivity contribution in [2.24, 2.45) is 5.92 Å². The molecule has 2 aromatic heterocycles. The van der Waals surface area contributed by atoms with Crippen molar-refractivity contribution in [2.45, 2.75) is 32.4 Å². The molecule has 6 heteroatoms. The molecule has 2 bridgehead atoms. The van der Waals surface area contributed by atoms with Gasteiger partial charge in [0.1, 0.15) is 5.82 Å². The van der Waals surface area contributed by atoms with Gasteiger partial charge in [0.05, 0.1) is 17.4 Å². The van der Waals surface area contributed by atoms with Crippen LogP contribution in [0.15, 0.2) is 46.0 Å². The number of H-pyrrole nitrogens is 1. The summed E-state index contributed by atoms with van der Waals surface area (Å²) in [5.74, 6) is 1.54. The van der Waals surface area contributed by atoms with Crippen LogP contribution in [0.2, 0.25) is 0 Å². The SMILES string of the molecule is Cc1cccc2c(=O)[nH]c(CN3C[C@H]4C[C@@H](C3)c3cccc(=O)n3C4)nc12. The number of para-hydroxylation sites is 1. The Bertz CT molecular complexity index is 1150. The standard InChI is InChI=1S/C21H22N4O2/c1-13-4-2-5-16-20(13)22-18(23-21(16)27)12-24-9-14-8-15(11-24)17-6-3-7-19(26)25(17)10-14/h2-7,14-15H,8-12H2,1H3,(H,22,23,27)/t14-,15+/m1/s1. The predicted octanol–water partition coefficient (Wildman–Crippen LogP) is 2.01. The molecule has 0 unspecified atom stereocenters. The Morgan fingerprint density at radius 3 is 2.85 bits per heavy atom. The van der Waals surface area contributed by atoms with E-state index in [2.05, 4.69) is 16.0 Å². The fourth-order valence-electron chi connectivity index (χ4n) is 4.76. The van der Waals surface area contributed by atoms with E-state index >= 15 is 0 Å². The molecule has 0 saturated carbocycles. The highest BCUT2D eigenvalue weighted by molar-refractivity contribution is 5.80. The van der Waals surface area contributed by atoms with Gasteiger partial charge in [-0.3, -0.25) is 14.5 Å². The first-order chi connectivity index (χ1) is 13.1. The molecule has 3 aromatic rings. The van der Waals surface area contributed by atoms with Crippen LogP contribution in [0.5, 0.6) is 0 Å². The molecule has 1 aromatic carbocycles. The number of nitrogens with zero attached hydrogens (tertiary/aromatic N) is 3. The molecule has 5 rings (SSSR count). The van der Waals surface area contributed by atoms with E-state index in [-0.39, 0.29) is 11.1 Å². The molecule has 1 saturated heterocycles. The van der Waals surface area contributed by atoms with Gasteiger partial charge in [0.25, 0.3) is 11.1 Å². The first kappa shape index (κ1) is 16.4. The predicted molar refractivity (Wildman–Crippen MR) is 104 cm³/mol. The minimum absolute atomic E-state index is 0.0761. The van der Waals surface area contributed by atoms with Crippen LogP contribution >= 0.6 is 0 Å². The van der Waals surface area contributed by atoms with E-state index in [1.54, 1.807) is 6.07 Å². The van der Waals surface area contributed by atoms with Crippen LogP contribution in [0.25, 0.3) is 10.9 Å². The molecule has 138 valence electrons. The topological polar surface area (TPSA) is 71.0 Å². The average molecular weight is 362 g/mol. The zero-order valence-corrected chi connectivity index (χ0v) is 15.3. The summed E-state index contributed by atoms with van der Waals surface area (Å²) in [6, 6.07) is 11.3. The van der Waals surface area contributed by atoms with Crippen molar-refractivity contribution in [1.82, 2.24) is 19.4 Å². The summed E-state index contributed by atoms with van der Waals surface area (Å²) in [7, 11) is 0. The molecule has 2 atom stereocenters. The van der Waals surface area contributed by atoms with Crippen LogP contribution in [-0.4, -0.2) is 32.5 Å². The molecule has 6 nitrogen and oxygen atoms in total. The molecule has 0 spiro atoms. The van der Waals surface area contributed by atoms with Crippen LogP contribution in [-0.2, 0) is 13.1 Å². The van der Waals surface area contributed by atoms with Crippen LogP contribution in [0.1, 0.15) is 29.4 Å². The summed E-state index contributed by atoms with van der Waals surface area (Å²) in [6.07, 6.45) is 1.13. The first-order valence-corrected chi connectivity index (χ1v) is 9.49. The second-order valence-electron chi connectivity index (χ2n) is 7.88. The zero-order valence-electron chi connectivity index (χ0n) is 15.3. The fourth-order valence-corrected chi connectivity index (χ4v) is 4.76. The molecule has 0 aliphatic carbocycles.